The zero-order valence-electron chi connectivity index (χ0n) is 12.2. The number of nitrogens with zero attached hydrogens (tertiary/aromatic N) is 1. The standard InChI is InChI=1S/C14H19F3N2O2/c1-9(2)7-19(8-14(15,16)17)13(20)10-4-11(18)6-12(5-10)21-3/h4-6,9H,7-8,18H2,1-3H3. The summed E-state index contributed by atoms with van der Waals surface area (Å²) in [5.74, 6) is -0.472. The zero-order valence-corrected chi connectivity index (χ0v) is 12.2. The van der Waals surface area contributed by atoms with Gasteiger partial charge in [0.15, 0.2) is 0 Å². The number of nitrogen functional groups attached to an aromatic ring is 1. The summed E-state index contributed by atoms with van der Waals surface area (Å²) in [6.45, 7) is 2.21. The Morgan fingerprint density at radius 3 is 2.43 bits per heavy atom. The Kier molecular flexibility index (Phi) is 5.46. The fraction of sp³-hybridized carbons (Fsp3) is 0.500. The van der Waals surface area contributed by atoms with E-state index in [1.807, 2.05) is 0 Å². The van der Waals surface area contributed by atoms with Gasteiger partial charge in [-0.05, 0) is 18.1 Å². The molecule has 0 aliphatic heterocycles. The van der Waals surface area contributed by atoms with Crippen LogP contribution in [0.15, 0.2) is 18.2 Å². The highest BCUT2D eigenvalue weighted by Crippen LogP contribution is 2.23. The van der Waals surface area contributed by atoms with Crippen molar-refractivity contribution in [2.75, 3.05) is 25.9 Å². The van der Waals surface area contributed by atoms with Gasteiger partial charge in [-0.15, -0.1) is 0 Å². The second-order valence-electron chi connectivity index (χ2n) is 5.19. The Bertz CT molecular complexity index is 501. The van der Waals surface area contributed by atoms with Crippen LogP contribution >= 0.6 is 0 Å². The molecule has 21 heavy (non-hydrogen) atoms. The fourth-order valence-electron chi connectivity index (χ4n) is 1.92. The van der Waals surface area contributed by atoms with E-state index in [9.17, 15) is 18.0 Å². The molecular weight excluding hydrogens is 285 g/mol. The van der Waals surface area contributed by atoms with Crippen molar-refractivity contribution in [2.45, 2.75) is 20.0 Å². The molecule has 0 saturated heterocycles. The minimum Gasteiger partial charge on any atom is -0.497 e. The molecule has 0 aliphatic carbocycles. The molecule has 0 atom stereocenters. The van der Waals surface area contributed by atoms with Gasteiger partial charge >= 0.3 is 6.18 Å². The van der Waals surface area contributed by atoms with Crippen LogP contribution in [0.1, 0.15) is 24.2 Å². The molecule has 0 aliphatic rings. The van der Waals surface area contributed by atoms with Gasteiger partial charge in [-0.2, -0.15) is 13.2 Å². The van der Waals surface area contributed by atoms with Crippen LogP contribution in [0.5, 0.6) is 5.75 Å². The Hall–Kier alpha value is -1.92. The van der Waals surface area contributed by atoms with Gasteiger partial charge in [-0.3, -0.25) is 4.79 Å². The number of carbonyl (C=O) groups is 1. The minimum absolute atomic E-state index is 0.00938. The van der Waals surface area contributed by atoms with Crippen LogP contribution in [0.2, 0.25) is 0 Å². The third-order valence-corrected chi connectivity index (χ3v) is 2.65. The maximum Gasteiger partial charge on any atom is 0.406 e. The number of benzene rings is 1. The predicted molar refractivity (Wildman–Crippen MR) is 74.2 cm³/mol. The molecule has 1 aromatic carbocycles. The number of rotatable bonds is 5. The summed E-state index contributed by atoms with van der Waals surface area (Å²) in [5, 5.41) is 0. The third-order valence-electron chi connectivity index (χ3n) is 2.65. The highest BCUT2D eigenvalue weighted by molar-refractivity contribution is 5.95. The first-order valence-corrected chi connectivity index (χ1v) is 6.43. The van der Waals surface area contributed by atoms with E-state index < -0.39 is 18.6 Å². The molecule has 1 rings (SSSR count). The van der Waals surface area contributed by atoms with E-state index in [-0.39, 0.29) is 23.7 Å². The normalized spacial score (nSPS) is 11.6. The average Bonchev–Trinajstić information content (AvgIpc) is 2.34. The van der Waals surface area contributed by atoms with Gasteiger partial charge in [-0.1, -0.05) is 13.8 Å². The Labute approximate surface area is 121 Å². The Morgan fingerprint density at radius 1 is 1.33 bits per heavy atom. The van der Waals surface area contributed by atoms with Crippen molar-refractivity contribution in [3.8, 4) is 5.75 Å². The number of hydrogen-bond donors (Lipinski definition) is 1. The van der Waals surface area contributed by atoms with E-state index in [0.29, 0.717) is 5.75 Å². The molecule has 4 nitrogen and oxygen atoms in total. The summed E-state index contributed by atoms with van der Waals surface area (Å²) < 4.78 is 42.8. The lowest BCUT2D eigenvalue weighted by Gasteiger charge is -2.26. The van der Waals surface area contributed by atoms with E-state index in [4.69, 9.17) is 10.5 Å². The van der Waals surface area contributed by atoms with Crippen molar-refractivity contribution in [2.24, 2.45) is 5.92 Å². The van der Waals surface area contributed by atoms with Gasteiger partial charge < -0.3 is 15.4 Å². The monoisotopic (exact) mass is 304 g/mol. The number of halogens is 3. The summed E-state index contributed by atoms with van der Waals surface area (Å²) in [7, 11) is 1.39. The smallest absolute Gasteiger partial charge is 0.406 e. The highest BCUT2D eigenvalue weighted by Gasteiger charge is 2.33. The van der Waals surface area contributed by atoms with Crippen molar-refractivity contribution in [1.29, 1.82) is 0 Å². The lowest BCUT2D eigenvalue weighted by atomic mass is 10.1. The van der Waals surface area contributed by atoms with Crippen molar-refractivity contribution in [3.63, 3.8) is 0 Å². The van der Waals surface area contributed by atoms with Crippen LogP contribution in [0, 0.1) is 5.92 Å². The maximum atomic E-state index is 12.6. The first-order chi connectivity index (χ1) is 9.62. The van der Waals surface area contributed by atoms with Crippen molar-refractivity contribution < 1.29 is 22.7 Å². The van der Waals surface area contributed by atoms with Gasteiger partial charge in [0.1, 0.15) is 12.3 Å². The molecule has 1 amide bonds. The van der Waals surface area contributed by atoms with Crippen LogP contribution in [0.4, 0.5) is 18.9 Å². The first-order valence-electron chi connectivity index (χ1n) is 6.43. The van der Waals surface area contributed by atoms with E-state index in [1.165, 1.54) is 25.3 Å². The van der Waals surface area contributed by atoms with Gasteiger partial charge in [0.25, 0.3) is 5.91 Å². The second-order valence-corrected chi connectivity index (χ2v) is 5.19. The van der Waals surface area contributed by atoms with Crippen LogP contribution in [0.3, 0.4) is 0 Å². The van der Waals surface area contributed by atoms with Gasteiger partial charge in [0, 0.05) is 23.9 Å². The van der Waals surface area contributed by atoms with E-state index in [2.05, 4.69) is 0 Å². The molecule has 0 aromatic heterocycles. The lowest BCUT2D eigenvalue weighted by molar-refractivity contribution is -0.141. The van der Waals surface area contributed by atoms with Crippen LogP contribution < -0.4 is 10.5 Å². The van der Waals surface area contributed by atoms with E-state index in [0.717, 1.165) is 4.90 Å². The lowest BCUT2D eigenvalue weighted by Crippen LogP contribution is -2.41. The zero-order chi connectivity index (χ0) is 16.2. The first kappa shape index (κ1) is 17.1. The number of methoxy groups -OCH3 is 1. The summed E-state index contributed by atoms with van der Waals surface area (Å²) in [6.07, 6.45) is -4.45. The summed E-state index contributed by atoms with van der Waals surface area (Å²) in [5.41, 5.74) is 5.97. The Balaban J connectivity index is 3.06. The molecule has 118 valence electrons. The maximum absolute atomic E-state index is 12.6. The number of anilines is 1. The average molecular weight is 304 g/mol. The summed E-state index contributed by atoms with van der Waals surface area (Å²) >= 11 is 0. The number of carbonyl (C=O) groups excluding carboxylic acids is 1. The molecule has 0 fully saturated rings. The van der Waals surface area contributed by atoms with E-state index in [1.54, 1.807) is 13.8 Å². The SMILES string of the molecule is COc1cc(N)cc(C(=O)N(CC(C)C)CC(F)(F)F)c1. The van der Waals surface area contributed by atoms with Crippen molar-refractivity contribution in [3.05, 3.63) is 23.8 Å². The number of ether oxygens (including phenoxy) is 1. The predicted octanol–water partition coefficient (Wildman–Crippen LogP) is 2.94. The molecule has 0 radical (unpaired) electrons. The molecule has 2 N–H and O–H groups in total. The van der Waals surface area contributed by atoms with Gasteiger partial charge in [-0.25, -0.2) is 0 Å². The van der Waals surface area contributed by atoms with Gasteiger partial charge in [0.05, 0.1) is 7.11 Å². The van der Waals surface area contributed by atoms with Crippen molar-refractivity contribution in [1.82, 2.24) is 4.90 Å². The van der Waals surface area contributed by atoms with E-state index >= 15 is 0 Å². The molecule has 0 unspecified atom stereocenters. The Morgan fingerprint density at radius 2 is 1.95 bits per heavy atom. The third kappa shape index (κ3) is 5.53. The number of amides is 1. The van der Waals surface area contributed by atoms with Crippen LogP contribution in [-0.4, -0.2) is 37.2 Å². The molecular formula is C14H19F3N2O2. The number of alkyl halides is 3. The largest absolute Gasteiger partial charge is 0.497 e. The second kappa shape index (κ2) is 6.69. The molecule has 0 bridgehead atoms. The summed E-state index contributed by atoms with van der Waals surface area (Å²) in [4.78, 5) is 13.1. The molecule has 0 saturated carbocycles. The summed E-state index contributed by atoms with van der Waals surface area (Å²) in [6, 6.07) is 4.21. The van der Waals surface area contributed by atoms with Gasteiger partial charge in [0.2, 0.25) is 0 Å². The van der Waals surface area contributed by atoms with Crippen LogP contribution in [0.25, 0.3) is 0 Å². The molecule has 1 aromatic rings. The fourth-order valence-corrected chi connectivity index (χ4v) is 1.92. The number of hydrogen-bond acceptors (Lipinski definition) is 3. The quantitative estimate of drug-likeness (QED) is 0.851. The topological polar surface area (TPSA) is 55.6 Å². The number of nitrogens with two attached hydrogens (primary N) is 1. The van der Waals surface area contributed by atoms with Crippen molar-refractivity contribution >= 4 is 11.6 Å². The molecule has 0 spiro atoms. The van der Waals surface area contributed by atoms with Crippen LogP contribution in [-0.2, 0) is 0 Å². The highest BCUT2D eigenvalue weighted by atomic mass is 19.4. The minimum atomic E-state index is -4.45. The molecule has 0 heterocycles. The molecule has 7 heteroatoms.